The molecule has 0 amide bonds. The van der Waals surface area contributed by atoms with Crippen LogP contribution in [0.15, 0.2) is 12.1 Å². The molecule has 0 unspecified atom stereocenters. The highest BCUT2D eigenvalue weighted by Crippen LogP contribution is 2.34. The van der Waals surface area contributed by atoms with Crippen molar-refractivity contribution in [2.45, 2.75) is 12.8 Å². The number of fused-ring (bicyclic) bond motifs is 1. The minimum absolute atomic E-state index is 0.266. The Morgan fingerprint density at radius 2 is 1.37 bits per heavy atom. The number of ether oxygens (including phenoxy) is 2. The van der Waals surface area contributed by atoms with Crippen LogP contribution in [0, 0.1) is 23.7 Å². The van der Waals surface area contributed by atoms with Crippen LogP contribution in [-0.4, -0.2) is 17.5 Å². The maximum Gasteiger partial charge on any atom is 0.231 e. The lowest BCUT2D eigenvalue weighted by atomic mass is 10.1. The highest BCUT2D eigenvalue weighted by molar-refractivity contribution is 9.09. The molecule has 1 aliphatic rings. The van der Waals surface area contributed by atoms with Crippen molar-refractivity contribution >= 4 is 31.9 Å². The van der Waals surface area contributed by atoms with E-state index in [4.69, 9.17) is 9.47 Å². The van der Waals surface area contributed by atoms with E-state index in [1.54, 1.807) is 0 Å². The lowest BCUT2D eigenvalue weighted by Crippen LogP contribution is -1.92. The van der Waals surface area contributed by atoms with E-state index in [1.165, 1.54) is 0 Å². The van der Waals surface area contributed by atoms with Crippen molar-refractivity contribution in [3.05, 3.63) is 23.3 Å². The van der Waals surface area contributed by atoms with Gasteiger partial charge in [0.25, 0.3) is 0 Å². The van der Waals surface area contributed by atoms with Gasteiger partial charge in [-0.2, -0.15) is 0 Å². The van der Waals surface area contributed by atoms with E-state index >= 15 is 0 Å². The Hall–Kier alpha value is -1.10. The van der Waals surface area contributed by atoms with Crippen molar-refractivity contribution in [3.8, 4) is 35.2 Å². The normalized spacial score (nSPS) is 11.3. The molecule has 4 heteroatoms. The Labute approximate surface area is 130 Å². The Bertz CT molecular complexity index is 523. The predicted molar refractivity (Wildman–Crippen MR) is 83.1 cm³/mol. The van der Waals surface area contributed by atoms with Crippen LogP contribution in [0.5, 0.6) is 11.5 Å². The van der Waals surface area contributed by atoms with E-state index in [2.05, 4.69) is 55.5 Å². The summed E-state index contributed by atoms with van der Waals surface area (Å²) in [6.07, 6.45) is 1.62. The Kier molecular flexibility index (Phi) is 5.63. The Balaban J connectivity index is 2.34. The smallest absolute Gasteiger partial charge is 0.231 e. The van der Waals surface area contributed by atoms with Gasteiger partial charge in [0.15, 0.2) is 11.5 Å². The summed E-state index contributed by atoms with van der Waals surface area (Å²) in [4.78, 5) is 0. The molecule has 1 aromatic carbocycles. The van der Waals surface area contributed by atoms with Gasteiger partial charge in [0.05, 0.1) is 0 Å². The molecular weight excluding hydrogens is 372 g/mol. The lowest BCUT2D eigenvalue weighted by Gasteiger charge is -2.00. The van der Waals surface area contributed by atoms with Gasteiger partial charge >= 0.3 is 0 Å². The second-order valence-electron chi connectivity index (χ2n) is 3.73. The average Bonchev–Trinajstić information content (AvgIpc) is 2.86. The maximum absolute atomic E-state index is 5.37. The number of hydrogen-bond donors (Lipinski definition) is 0. The third-order valence-corrected chi connectivity index (χ3v) is 3.19. The molecule has 98 valence electrons. The SMILES string of the molecule is BrCCC#Cc1cc2c(cc1C#CCCBr)OCO2. The molecule has 19 heavy (non-hydrogen) atoms. The molecular formula is C15H12Br2O2. The molecule has 1 heterocycles. The quantitative estimate of drug-likeness (QED) is 0.572. The summed E-state index contributed by atoms with van der Waals surface area (Å²) in [6, 6.07) is 3.81. The van der Waals surface area contributed by atoms with E-state index in [0.717, 1.165) is 46.1 Å². The number of alkyl halides is 2. The summed E-state index contributed by atoms with van der Waals surface area (Å²) in [5.41, 5.74) is 1.79. The summed E-state index contributed by atoms with van der Waals surface area (Å²) in [5.74, 6) is 14.0. The van der Waals surface area contributed by atoms with Gasteiger partial charge in [-0.1, -0.05) is 55.5 Å². The fraction of sp³-hybridized carbons (Fsp3) is 0.333. The van der Waals surface area contributed by atoms with Crippen molar-refractivity contribution in [1.29, 1.82) is 0 Å². The molecule has 0 radical (unpaired) electrons. The second kappa shape index (κ2) is 7.48. The van der Waals surface area contributed by atoms with Crippen LogP contribution < -0.4 is 9.47 Å². The average molecular weight is 384 g/mol. The third-order valence-electron chi connectivity index (χ3n) is 2.40. The molecule has 2 rings (SSSR count). The van der Waals surface area contributed by atoms with Gasteiger partial charge in [0, 0.05) is 46.8 Å². The molecule has 1 aliphatic heterocycles. The first kappa shape index (κ1) is 14.3. The van der Waals surface area contributed by atoms with Crippen molar-refractivity contribution in [1.82, 2.24) is 0 Å². The Morgan fingerprint density at radius 3 is 1.79 bits per heavy atom. The van der Waals surface area contributed by atoms with Gasteiger partial charge in [0.1, 0.15) is 0 Å². The van der Waals surface area contributed by atoms with Gasteiger partial charge in [-0.15, -0.1) is 0 Å². The highest BCUT2D eigenvalue weighted by Gasteiger charge is 2.15. The number of rotatable bonds is 2. The monoisotopic (exact) mass is 382 g/mol. The summed E-state index contributed by atoms with van der Waals surface area (Å²) in [6.45, 7) is 0.266. The molecule has 0 aromatic heterocycles. The summed E-state index contributed by atoms with van der Waals surface area (Å²) in [5, 5.41) is 1.74. The van der Waals surface area contributed by atoms with E-state index in [1.807, 2.05) is 12.1 Å². The second-order valence-corrected chi connectivity index (χ2v) is 5.32. The Morgan fingerprint density at radius 1 is 0.895 bits per heavy atom. The largest absolute Gasteiger partial charge is 0.454 e. The molecule has 0 spiro atoms. The molecule has 1 aromatic rings. The molecule has 0 aliphatic carbocycles. The fourth-order valence-corrected chi connectivity index (χ4v) is 1.96. The topological polar surface area (TPSA) is 18.5 Å². The highest BCUT2D eigenvalue weighted by atomic mass is 79.9. The fourth-order valence-electron chi connectivity index (χ4n) is 1.56. The van der Waals surface area contributed by atoms with Gasteiger partial charge in [-0.3, -0.25) is 0 Å². The minimum atomic E-state index is 0.266. The predicted octanol–water partition coefficient (Wildman–Crippen LogP) is 3.69. The summed E-state index contributed by atoms with van der Waals surface area (Å²) >= 11 is 6.72. The van der Waals surface area contributed by atoms with Crippen LogP contribution in [0.1, 0.15) is 24.0 Å². The number of halogens is 2. The van der Waals surface area contributed by atoms with E-state index in [-0.39, 0.29) is 6.79 Å². The molecule has 0 fully saturated rings. The van der Waals surface area contributed by atoms with Crippen molar-refractivity contribution < 1.29 is 9.47 Å². The van der Waals surface area contributed by atoms with Crippen molar-refractivity contribution in [3.63, 3.8) is 0 Å². The zero-order valence-corrected chi connectivity index (χ0v) is 13.4. The first-order valence-corrected chi connectivity index (χ1v) is 8.12. The third kappa shape index (κ3) is 3.93. The lowest BCUT2D eigenvalue weighted by molar-refractivity contribution is 0.174. The zero-order valence-electron chi connectivity index (χ0n) is 10.3. The van der Waals surface area contributed by atoms with Crippen molar-refractivity contribution in [2.75, 3.05) is 17.5 Å². The van der Waals surface area contributed by atoms with E-state index < -0.39 is 0 Å². The van der Waals surface area contributed by atoms with E-state index in [0.29, 0.717) is 0 Å². The zero-order chi connectivity index (χ0) is 13.5. The maximum atomic E-state index is 5.37. The minimum Gasteiger partial charge on any atom is -0.454 e. The first-order valence-electron chi connectivity index (χ1n) is 5.88. The summed E-state index contributed by atoms with van der Waals surface area (Å²) in [7, 11) is 0. The van der Waals surface area contributed by atoms with Gasteiger partial charge in [-0.05, 0) is 0 Å². The summed E-state index contributed by atoms with van der Waals surface area (Å²) < 4.78 is 10.7. The van der Waals surface area contributed by atoms with Crippen LogP contribution in [0.2, 0.25) is 0 Å². The van der Waals surface area contributed by atoms with Crippen LogP contribution in [0.3, 0.4) is 0 Å². The molecule has 0 bridgehead atoms. The number of benzene rings is 1. The molecule has 0 N–H and O–H groups in total. The van der Waals surface area contributed by atoms with Gasteiger partial charge in [-0.25, -0.2) is 0 Å². The van der Waals surface area contributed by atoms with Gasteiger partial charge < -0.3 is 9.47 Å². The first-order chi connectivity index (χ1) is 9.35. The van der Waals surface area contributed by atoms with Crippen LogP contribution >= 0.6 is 31.9 Å². The number of hydrogen-bond acceptors (Lipinski definition) is 2. The molecule has 2 nitrogen and oxygen atoms in total. The van der Waals surface area contributed by atoms with E-state index in [9.17, 15) is 0 Å². The molecule has 0 saturated carbocycles. The van der Waals surface area contributed by atoms with Crippen LogP contribution in [0.4, 0.5) is 0 Å². The molecule has 0 atom stereocenters. The standard InChI is InChI=1S/C15H12Br2O2/c16-7-3-1-5-12-9-14-15(19-11-18-14)10-13(12)6-2-4-8-17/h9-10H,3-4,7-8,11H2. The van der Waals surface area contributed by atoms with Gasteiger partial charge in [0.2, 0.25) is 6.79 Å². The van der Waals surface area contributed by atoms with Crippen LogP contribution in [0.25, 0.3) is 0 Å². The van der Waals surface area contributed by atoms with Crippen LogP contribution in [-0.2, 0) is 0 Å². The van der Waals surface area contributed by atoms with Crippen molar-refractivity contribution in [2.24, 2.45) is 0 Å². The molecule has 0 saturated heterocycles.